The van der Waals surface area contributed by atoms with Crippen molar-refractivity contribution in [2.45, 2.75) is 13.5 Å². The van der Waals surface area contributed by atoms with Crippen molar-refractivity contribution in [3.05, 3.63) is 52.5 Å². The van der Waals surface area contributed by atoms with Gasteiger partial charge >= 0.3 is 5.69 Å². The Labute approximate surface area is 114 Å². The molecule has 20 heavy (non-hydrogen) atoms. The highest BCUT2D eigenvalue weighted by atomic mass is 19.1. The third-order valence-corrected chi connectivity index (χ3v) is 2.56. The maximum absolute atomic E-state index is 13.5. The molecule has 0 atom stereocenters. The highest BCUT2D eigenvalue weighted by Crippen LogP contribution is 2.17. The number of nitrogens with two attached hydrogens (primary N) is 1. The van der Waals surface area contributed by atoms with E-state index in [0.717, 1.165) is 16.2 Å². The summed E-state index contributed by atoms with van der Waals surface area (Å²) in [5, 5.41) is 2.36. The zero-order valence-electron chi connectivity index (χ0n) is 10.8. The topological polar surface area (TPSA) is 90.0 Å². The second-order valence-electron chi connectivity index (χ2n) is 4.33. The molecule has 1 aromatic carbocycles. The van der Waals surface area contributed by atoms with Crippen LogP contribution in [0.4, 0.5) is 15.8 Å². The lowest BCUT2D eigenvalue weighted by atomic mass is 10.2. The normalized spacial score (nSPS) is 10.3. The molecule has 0 spiro atoms. The minimum atomic E-state index is -0.595. The van der Waals surface area contributed by atoms with Gasteiger partial charge < -0.3 is 11.1 Å². The van der Waals surface area contributed by atoms with Gasteiger partial charge in [0.2, 0.25) is 5.91 Å². The van der Waals surface area contributed by atoms with Crippen LogP contribution in [0.2, 0.25) is 0 Å². The molecule has 0 saturated heterocycles. The Balaban J connectivity index is 2.15. The SMILES string of the molecule is Cc1cnc(=O)n(CC(=O)Nc2cc(N)ccc2F)c1. The number of aryl methyl sites for hydroxylation is 1. The molecule has 2 rings (SSSR count). The fraction of sp³-hybridized carbons (Fsp3) is 0.154. The third-order valence-electron chi connectivity index (χ3n) is 2.56. The lowest BCUT2D eigenvalue weighted by Gasteiger charge is -2.08. The van der Waals surface area contributed by atoms with Crippen LogP contribution in [0.1, 0.15) is 5.56 Å². The second kappa shape index (κ2) is 5.52. The van der Waals surface area contributed by atoms with Crippen molar-refractivity contribution in [2.75, 3.05) is 11.1 Å². The first-order valence-electron chi connectivity index (χ1n) is 5.83. The zero-order valence-corrected chi connectivity index (χ0v) is 10.8. The number of nitrogens with one attached hydrogen (secondary N) is 1. The van der Waals surface area contributed by atoms with E-state index in [0.29, 0.717) is 5.69 Å². The van der Waals surface area contributed by atoms with Crippen LogP contribution in [0.3, 0.4) is 0 Å². The largest absolute Gasteiger partial charge is 0.399 e. The standard InChI is InChI=1S/C13H13FN4O2/c1-8-5-16-13(20)18(6-8)7-12(19)17-11-4-9(15)2-3-10(11)14/h2-6H,7,15H2,1H3,(H,17,19). The number of halogens is 1. The van der Waals surface area contributed by atoms with E-state index in [-0.39, 0.29) is 12.2 Å². The van der Waals surface area contributed by atoms with Crippen molar-refractivity contribution < 1.29 is 9.18 Å². The van der Waals surface area contributed by atoms with E-state index in [1.807, 2.05) is 0 Å². The van der Waals surface area contributed by atoms with Crippen LogP contribution < -0.4 is 16.7 Å². The number of carbonyl (C=O) groups excluding carboxylic acids is 1. The number of rotatable bonds is 3. The van der Waals surface area contributed by atoms with Crippen molar-refractivity contribution in [3.8, 4) is 0 Å². The van der Waals surface area contributed by atoms with E-state index in [9.17, 15) is 14.0 Å². The lowest BCUT2D eigenvalue weighted by molar-refractivity contribution is -0.116. The van der Waals surface area contributed by atoms with Crippen molar-refractivity contribution in [1.82, 2.24) is 9.55 Å². The fourth-order valence-electron chi connectivity index (χ4n) is 1.66. The van der Waals surface area contributed by atoms with Gasteiger partial charge in [-0.3, -0.25) is 9.36 Å². The van der Waals surface area contributed by atoms with E-state index in [1.54, 1.807) is 6.92 Å². The number of carbonyl (C=O) groups is 1. The molecule has 3 N–H and O–H groups in total. The molecule has 0 aliphatic heterocycles. The Hall–Kier alpha value is -2.70. The Morgan fingerprint density at radius 2 is 2.25 bits per heavy atom. The number of anilines is 2. The van der Waals surface area contributed by atoms with Gasteiger partial charge in [0, 0.05) is 18.1 Å². The van der Waals surface area contributed by atoms with Crippen molar-refractivity contribution in [2.24, 2.45) is 0 Å². The predicted octanol–water partition coefficient (Wildman–Crippen LogP) is 0.912. The summed E-state index contributed by atoms with van der Waals surface area (Å²) in [6.45, 7) is 1.50. The molecule has 0 unspecified atom stereocenters. The summed E-state index contributed by atoms with van der Waals surface area (Å²) >= 11 is 0. The summed E-state index contributed by atoms with van der Waals surface area (Å²) in [5.41, 5.74) is 6.02. The van der Waals surface area contributed by atoms with Gasteiger partial charge in [-0.15, -0.1) is 0 Å². The molecule has 1 amide bonds. The van der Waals surface area contributed by atoms with Gasteiger partial charge in [-0.25, -0.2) is 14.2 Å². The lowest BCUT2D eigenvalue weighted by Crippen LogP contribution is -2.29. The van der Waals surface area contributed by atoms with Gasteiger partial charge in [0.05, 0.1) is 5.69 Å². The molecule has 0 aliphatic rings. The van der Waals surface area contributed by atoms with Crippen LogP contribution in [0.15, 0.2) is 35.4 Å². The predicted molar refractivity (Wildman–Crippen MR) is 72.7 cm³/mol. The number of amides is 1. The average molecular weight is 276 g/mol. The van der Waals surface area contributed by atoms with E-state index in [1.165, 1.54) is 24.5 Å². The van der Waals surface area contributed by atoms with Crippen molar-refractivity contribution in [3.63, 3.8) is 0 Å². The van der Waals surface area contributed by atoms with Gasteiger partial charge in [0.15, 0.2) is 0 Å². The fourth-order valence-corrected chi connectivity index (χ4v) is 1.66. The van der Waals surface area contributed by atoms with E-state index >= 15 is 0 Å². The molecule has 0 aliphatic carbocycles. The molecule has 0 fully saturated rings. The molecule has 6 nitrogen and oxygen atoms in total. The van der Waals surface area contributed by atoms with E-state index < -0.39 is 17.4 Å². The van der Waals surface area contributed by atoms with E-state index in [2.05, 4.69) is 10.3 Å². The van der Waals surface area contributed by atoms with Crippen LogP contribution in [0, 0.1) is 12.7 Å². The van der Waals surface area contributed by atoms with Crippen LogP contribution in [-0.2, 0) is 11.3 Å². The number of benzene rings is 1. The number of hydrogen-bond acceptors (Lipinski definition) is 4. The Morgan fingerprint density at radius 3 is 3.00 bits per heavy atom. The summed E-state index contributed by atoms with van der Waals surface area (Å²) < 4.78 is 14.6. The molecule has 1 heterocycles. The highest BCUT2D eigenvalue weighted by molar-refractivity contribution is 5.91. The smallest absolute Gasteiger partial charge is 0.347 e. The summed E-state index contributed by atoms with van der Waals surface area (Å²) in [4.78, 5) is 26.9. The molecule has 2 aromatic rings. The molecule has 0 bridgehead atoms. The molecule has 0 radical (unpaired) electrons. The van der Waals surface area contributed by atoms with Gasteiger partial charge in [0.25, 0.3) is 0 Å². The second-order valence-corrected chi connectivity index (χ2v) is 4.33. The summed E-state index contributed by atoms with van der Waals surface area (Å²) in [6.07, 6.45) is 2.92. The van der Waals surface area contributed by atoms with E-state index in [4.69, 9.17) is 5.73 Å². The number of nitrogens with zero attached hydrogens (tertiary/aromatic N) is 2. The first kappa shape index (κ1) is 13.7. The molecular weight excluding hydrogens is 263 g/mol. The Morgan fingerprint density at radius 1 is 1.50 bits per heavy atom. The monoisotopic (exact) mass is 276 g/mol. The van der Waals surface area contributed by atoms with Gasteiger partial charge in [0.1, 0.15) is 12.4 Å². The Bertz CT molecular complexity index is 712. The summed E-state index contributed by atoms with van der Waals surface area (Å²) in [7, 11) is 0. The first-order valence-corrected chi connectivity index (χ1v) is 5.83. The number of aromatic nitrogens is 2. The van der Waals surface area contributed by atoms with Gasteiger partial charge in [-0.05, 0) is 30.7 Å². The summed E-state index contributed by atoms with van der Waals surface area (Å²) in [6, 6.07) is 3.86. The van der Waals surface area contributed by atoms with Crippen LogP contribution in [-0.4, -0.2) is 15.5 Å². The number of nitrogen functional groups attached to an aromatic ring is 1. The highest BCUT2D eigenvalue weighted by Gasteiger charge is 2.09. The molecule has 0 saturated carbocycles. The Kier molecular flexibility index (Phi) is 3.79. The number of hydrogen-bond donors (Lipinski definition) is 2. The van der Waals surface area contributed by atoms with Gasteiger partial charge in [-0.1, -0.05) is 0 Å². The van der Waals surface area contributed by atoms with Crippen molar-refractivity contribution in [1.29, 1.82) is 0 Å². The molecular formula is C13H13FN4O2. The molecule has 7 heteroatoms. The summed E-state index contributed by atoms with van der Waals surface area (Å²) in [5.74, 6) is -1.13. The minimum Gasteiger partial charge on any atom is -0.399 e. The van der Waals surface area contributed by atoms with Crippen LogP contribution in [0.5, 0.6) is 0 Å². The van der Waals surface area contributed by atoms with Crippen molar-refractivity contribution >= 4 is 17.3 Å². The zero-order chi connectivity index (χ0) is 14.7. The van der Waals surface area contributed by atoms with Crippen LogP contribution >= 0.6 is 0 Å². The quantitative estimate of drug-likeness (QED) is 0.815. The maximum Gasteiger partial charge on any atom is 0.347 e. The third kappa shape index (κ3) is 3.19. The average Bonchev–Trinajstić information content (AvgIpc) is 2.38. The molecule has 104 valence electrons. The van der Waals surface area contributed by atoms with Gasteiger partial charge in [-0.2, -0.15) is 0 Å². The minimum absolute atomic E-state index is 0.0244. The van der Waals surface area contributed by atoms with Crippen LogP contribution in [0.25, 0.3) is 0 Å². The molecule has 1 aromatic heterocycles. The first-order chi connectivity index (χ1) is 9.45. The maximum atomic E-state index is 13.5.